The van der Waals surface area contributed by atoms with Crippen molar-refractivity contribution in [3.8, 4) is 6.07 Å². The van der Waals surface area contributed by atoms with E-state index in [1.165, 1.54) is 0 Å². The van der Waals surface area contributed by atoms with Gasteiger partial charge in [0.1, 0.15) is 18.0 Å². The fraction of sp³-hybridized carbons (Fsp3) is 0.312. The first-order valence-electron chi connectivity index (χ1n) is 7.01. The van der Waals surface area contributed by atoms with Gasteiger partial charge in [0, 0.05) is 17.8 Å². The lowest BCUT2D eigenvalue weighted by Crippen LogP contribution is -2.09. The third-order valence-electron chi connectivity index (χ3n) is 3.06. The number of nitriles is 1. The second-order valence-corrected chi connectivity index (χ2v) is 4.99. The maximum Gasteiger partial charge on any atom is 0.139 e. The van der Waals surface area contributed by atoms with E-state index in [1.54, 1.807) is 18.5 Å². The molecule has 108 valence electrons. The molecule has 1 heterocycles. The average Bonchev–Trinajstić information content (AvgIpc) is 2.47. The van der Waals surface area contributed by atoms with Gasteiger partial charge in [-0.2, -0.15) is 5.26 Å². The molecule has 0 aliphatic heterocycles. The van der Waals surface area contributed by atoms with E-state index in [0.717, 1.165) is 29.4 Å². The Morgan fingerprint density at radius 2 is 2.00 bits per heavy atom. The molecule has 1 aromatic carbocycles. The minimum absolute atomic E-state index is 0.280. The van der Waals surface area contributed by atoms with Crippen LogP contribution in [-0.2, 0) is 0 Å². The van der Waals surface area contributed by atoms with Gasteiger partial charge in [-0.15, -0.1) is 0 Å². The van der Waals surface area contributed by atoms with Crippen LogP contribution in [0.25, 0.3) is 0 Å². The number of anilines is 3. The summed E-state index contributed by atoms with van der Waals surface area (Å²) in [6.45, 7) is 7.06. The van der Waals surface area contributed by atoms with E-state index >= 15 is 0 Å². The first kappa shape index (κ1) is 14.8. The van der Waals surface area contributed by atoms with Gasteiger partial charge in [-0.3, -0.25) is 0 Å². The van der Waals surface area contributed by atoms with Crippen LogP contribution < -0.4 is 10.6 Å². The van der Waals surface area contributed by atoms with Crippen molar-refractivity contribution < 1.29 is 0 Å². The molecule has 0 unspecified atom stereocenters. The summed E-state index contributed by atoms with van der Waals surface area (Å²) in [6, 6.07) is 9.48. The van der Waals surface area contributed by atoms with Crippen molar-refractivity contribution in [2.75, 3.05) is 17.2 Å². The van der Waals surface area contributed by atoms with Gasteiger partial charge < -0.3 is 10.6 Å². The fourth-order valence-electron chi connectivity index (χ4n) is 2.15. The standard InChI is InChI=1S/C16H19N5/c1-4-18-15-14(11(2)3)16(20-10-19-15)21-13-7-5-6-12(8-13)9-17/h5-8,10-11H,4H2,1-3H3,(H2,18,19,20,21). The van der Waals surface area contributed by atoms with Crippen LogP contribution in [0.15, 0.2) is 30.6 Å². The molecule has 21 heavy (non-hydrogen) atoms. The zero-order chi connectivity index (χ0) is 15.2. The Kier molecular flexibility index (Phi) is 4.72. The summed E-state index contributed by atoms with van der Waals surface area (Å²) >= 11 is 0. The Balaban J connectivity index is 2.39. The maximum absolute atomic E-state index is 8.97. The second-order valence-electron chi connectivity index (χ2n) is 4.99. The highest BCUT2D eigenvalue weighted by Gasteiger charge is 2.14. The van der Waals surface area contributed by atoms with Crippen LogP contribution >= 0.6 is 0 Å². The lowest BCUT2D eigenvalue weighted by atomic mass is 10.0. The number of aromatic nitrogens is 2. The SMILES string of the molecule is CCNc1ncnc(Nc2cccc(C#N)c2)c1C(C)C. The zero-order valence-corrected chi connectivity index (χ0v) is 12.5. The van der Waals surface area contributed by atoms with Gasteiger partial charge >= 0.3 is 0 Å². The number of rotatable bonds is 5. The molecule has 0 saturated heterocycles. The Labute approximate surface area is 125 Å². The first-order chi connectivity index (χ1) is 10.2. The molecule has 0 radical (unpaired) electrons. The van der Waals surface area contributed by atoms with E-state index in [0.29, 0.717) is 5.56 Å². The minimum atomic E-state index is 0.280. The molecule has 0 atom stereocenters. The van der Waals surface area contributed by atoms with Gasteiger partial charge in [0.05, 0.1) is 11.6 Å². The molecule has 0 fully saturated rings. The van der Waals surface area contributed by atoms with Crippen molar-refractivity contribution in [3.05, 3.63) is 41.7 Å². The van der Waals surface area contributed by atoms with E-state index in [4.69, 9.17) is 5.26 Å². The number of benzene rings is 1. The summed E-state index contributed by atoms with van der Waals surface area (Å²) in [7, 11) is 0. The quantitative estimate of drug-likeness (QED) is 0.875. The molecular formula is C16H19N5. The maximum atomic E-state index is 8.97. The van der Waals surface area contributed by atoms with E-state index in [1.807, 2.05) is 19.1 Å². The zero-order valence-electron chi connectivity index (χ0n) is 12.5. The predicted molar refractivity (Wildman–Crippen MR) is 84.7 cm³/mol. The smallest absolute Gasteiger partial charge is 0.139 e. The van der Waals surface area contributed by atoms with Gasteiger partial charge in [0.25, 0.3) is 0 Å². The van der Waals surface area contributed by atoms with Gasteiger partial charge in [0.15, 0.2) is 0 Å². The summed E-state index contributed by atoms with van der Waals surface area (Å²) in [5, 5.41) is 15.5. The third-order valence-corrected chi connectivity index (χ3v) is 3.06. The Morgan fingerprint density at radius 1 is 1.24 bits per heavy atom. The lowest BCUT2D eigenvalue weighted by molar-refractivity contribution is 0.849. The van der Waals surface area contributed by atoms with E-state index in [2.05, 4.69) is 40.5 Å². The van der Waals surface area contributed by atoms with Crippen molar-refractivity contribution in [2.24, 2.45) is 0 Å². The molecule has 2 N–H and O–H groups in total. The van der Waals surface area contributed by atoms with Crippen molar-refractivity contribution in [3.63, 3.8) is 0 Å². The molecule has 1 aromatic heterocycles. The molecule has 2 rings (SSSR count). The molecule has 0 aliphatic carbocycles. The van der Waals surface area contributed by atoms with Gasteiger partial charge in [0.2, 0.25) is 0 Å². The van der Waals surface area contributed by atoms with Crippen LogP contribution in [-0.4, -0.2) is 16.5 Å². The third kappa shape index (κ3) is 3.48. The van der Waals surface area contributed by atoms with Crippen molar-refractivity contribution in [1.82, 2.24) is 9.97 Å². The topological polar surface area (TPSA) is 73.6 Å². The molecular weight excluding hydrogens is 262 g/mol. The number of nitrogens with zero attached hydrogens (tertiary/aromatic N) is 3. The molecule has 0 bridgehead atoms. The van der Waals surface area contributed by atoms with Crippen LogP contribution in [0.2, 0.25) is 0 Å². The lowest BCUT2D eigenvalue weighted by Gasteiger charge is -2.17. The van der Waals surface area contributed by atoms with Crippen LogP contribution in [0.5, 0.6) is 0 Å². The van der Waals surface area contributed by atoms with Crippen LogP contribution in [0.3, 0.4) is 0 Å². The van der Waals surface area contributed by atoms with Crippen molar-refractivity contribution in [2.45, 2.75) is 26.7 Å². The van der Waals surface area contributed by atoms with Crippen molar-refractivity contribution >= 4 is 17.3 Å². The Hall–Kier alpha value is -2.61. The number of nitrogens with one attached hydrogen (secondary N) is 2. The fourth-order valence-corrected chi connectivity index (χ4v) is 2.15. The molecule has 0 amide bonds. The number of hydrogen-bond acceptors (Lipinski definition) is 5. The van der Waals surface area contributed by atoms with Gasteiger partial charge in [-0.1, -0.05) is 19.9 Å². The second kappa shape index (κ2) is 6.71. The summed E-state index contributed by atoms with van der Waals surface area (Å²) in [6.07, 6.45) is 1.54. The summed E-state index contributed by atoms with van der Waals surface area (Å²) in [4.78, 5) is 8.66. The van der Waals surface area contributed by atoms with Crippen LogP contribution in [0, 0.1) is 11.3 Å². The average molecular weight is 281 g/mol. The van der Waals surface area contributed by atoms with Gasteiger partial charge in [-0.25, -0.2) is 9.97 Å². The molecule has 0 saturated carbocycles. The predicted octanol–water partition coefficient (Wildman–Crippen LogP) is 3.65. The summed E-state index contributed by atoms with van der Waals surface area (Å²) in [5.74, 6) is 1.90. The van der Waals surface area contributed by atoms with Crippen LogP contribution in [0.4, 0.5) is 17.3 Å². The molecule has 0 aliphatic rings. The molecule has 5 heteroatoms. The highest BCUT2D eigenvalue weighted by molar-refractivity contribution is 5.66. The minimum Gasteiger partial charge on any atom is -0.370 e. The first-order valence-corrected chi connectivity index (χ1v) is 7.01. The Bertz CT molecular complexity index is 658. The Morgan fingerprint density at radius 3 is 2.67 bits per heavy atom. The van der Waals surface area contributed by atoms with Crippen LogP contribution in [0.1, 0.15) is 37.8 Å². The monoisotopic (exact) mass is 281 g/mol. The molecule has 2 aromatic rings. The largest absolute Gasteiger partial charge is 0.370 e. The molecule has 5 nitrogen and oxygen atoms in total. The summed E-state index contributed by atoms with van der Waals surface area (Å²) in [5.41, 5.74) is 2.51. The normalized spacial score (nSPS) is 10.2. The van der Waals surface area contributed by atoms with Gasteiger partial charge in [-0.05, 0) is 31.0 Å². The summed E-state index contributed by atoms with van der Waals surface area (Å²) < 4.78 is 0. The van der Waals surface area contributed by atoms with E-state index in [-0.39, 0.29) is 5.92 Å². The highest BCUT2D eigenvalue weighted by atomic mass is 15.1. The highest BCUT2D eigenvalue weighted by Crippen LogP contribution is 2.30. The van der Waals surface area contributed by atoms with E-state index in [9.17, 15) is 0 Å². The molecule has 0 spiro atoms. The van der Waals surface area contributed by atoms with Crippen molar-refractivity contribution in [1.29, 1.82) is 5.26 Å². The number of hydrogen-bond donors (Lipinski definition) is 2. The van der Waals surface area contributed by atoms with E-state index < -0.39 is 0 Å².